The highest BCUT2D eigenvalue weighted by atomic mass is 79.9. The number of hydrogen-bond acceptors (Lipinski definition) is 1. The lowest BCUT2D eigenvalue weighted by atomic mass is 9.92. The number of halogens is 2. The number of benzene rings is 1. The maximum Gasteiger partial charge on any atom is 0.323 e. The summed E-state index contributed by atoms with van der Waals surface area (Å²) in [7, 11) is 0. The number of hydrogen-bond donors (Lipinski definition) is 2. The number of imidazole rings is 1. The Hall–Kier alpha value is -0.740. The molecule has 1 saturated carbocycles. The molecular formula is C16H20BrClN2O. The van der Waals surface area contributed by atoms with Crippen molar-refractivity contribution < 1.29 is 0 Å². The second-order valence-corrected chi connectivity index (χ2v) is 7.44. The van der Waals surface area contributed by atoms with Gasteiger partial charge in [0.2, 0.25) is 0 Å². The van der Waals surface area contributed by atoms with Gasteiger partial charge in [0.05, 0.1) is 16.4 Å². The molecule has 5 heteroatoms. The van der Waals surface area contributed by atoms with E-state index in [1.165, 1.54) is 38.5 Å². The van der Waals surface area contributed by atoms with Crippen LogP contribution in [0.5, 0.6) is 0 Å². The van der Waals surface area contributed by atoms with Gasteiger partial charge in [-0.2, -0.15) is 0 Å². The minimum Gasteiger partial charge on any atom is -0.306 e. The van der Waals surface area contributed by atoms with E-state index in [-0.39, 0.29) is 11.1 Å². The fourth-order valence-electron chi connectivity index (χ4n) is 3.33. The molecule has 0 amide bonds. The van der Waals surface area contributed by atoms with Gasteiger partial charge < -0.3 is 9.97 Å². The third-order valence-corrected chi connectivity index (χ3v) is 5.59. The van der Waals surface area contributed by atoms with E-state index in [9.17, 15) is 4.79 Å². The van der Waals surface area contributed by atoms with Crippen molar-refractivity contribution in [1.29, 1.82) is 0 Å². The zero-order valence-corrected chi connectivity index (χ0v) is 14.3. The molecule has 3 nitrogen and oxygen atoms in total. The molecule has 0 bridgehead atoms. The van der Waals surface area contributed by atoms with Crippen molar-refractivity contribution in [3.63, 3.8) is 0 Å². The molecule has 1 aliphatic rings. The van der Waals surface area contributed by atoms with Crippen molar-refractivity contribution in [2.75, 3.05) is 0 Å². The first-order chi connectivity index (χ1) is 10.1. The van der Waals surface area contributed by atoms with E-state index in [1.807, 2.05) is 12.1 Å². The number of aromatic amines is 2. The number of nitrogens with one attached hydrogen (secondary N) is 2. The molecule has 2 N–H and O–H groups in total. The number of H-pyrrole nitrogens is 2. The van der Waals surface area contributed by atoms with Gasteiger partial charge in [-0.15, -0.1) is 11.6 Å². The smallest absolute Gasteiger partial charge is 0.306 e. The summed E-state index contributed by atoms with van der Waals surface area (Å²) in [5.74, 6) is 0.725. The minimum atomic E-state index is -0.177. The van der Waals surface area contributed by atoms with Gasteiger partial charge in [0.25, 0.3) is 0 Å². The molecule has 0 aliphatic heterocycles. The van der Waals surface area contributed by atoms with E-state index >= 15 is 0 Å². The summed E-state index contributed by atoms with van der Waals surface area (Å²) in [5, 5.41) is -0.00900. The van der Waals surface area contributed by atoms with Crippen LogP contribution in [0.25, 0.3) is 11.0 Å². The monoisotopic (exact) mass is 370 g/mol. The lowest BCUT2D eigenvalue weighted by Crippen LogP contribution is -2.04. The summed E-state index contributed by atoms with van der Waals surface area (Å²) in [5.41, 5.74) is 2.53. The standard InChI is InChI=1S/C16H20BrClN2O/c17-12-9-15-14(19-16(21)20-15)8-11(12)13(18)7-10-5-3-1-2-4-6-10/h8-10,13H,1-7H2,(H2,19,20,21). The third-order valence-electron chi connectivity index (χ3n) is 4.49. The third kappa shape index (κ3) is 3.54. The van der Waals surface area contributed by atoms with Gasteiger partial charge in [-0.3, -0.25) is 0 Å². The normalized spacial score (nSPS) is 18.8. The topological polar surface area (TPSA) is 48.6 Å². The maximum absolute atomic E-state index is 11.4. The maximum atomic E-state index is 11.4. The summed E-state index contributed by atoms with van der Waals surface area (Å²) < 4.78 is 0.971. The highest BCUT2D eigenvalue weighted by Crippen LogP contribution is 2.38. The minimum absolute atomic E-state index is 0.00900. The lowest BCUT2D eigenvalue weighted by Gasteiger charge is -2.19. The predicted molar refractivity (Wildman–Crippen MR) is 91.0 cm³/mol. The first-order valence-corrected chi connectivity index (χ1v) is 8.92. The predicted octanol–water partition coefficient (Wildman–Crippen LogP) is 5.26. The lowest BCUT2D eigenvalue weighted by molar-refractivity contribution is 0.423. The summed E-state index contributed by atoms with van der Waals surface area (Å²) in [4.78, 5) is 17.0. The van der Waals surface area contributed by atoms with Gasteiger partial charge in [-0.1, -0.05) is 54.5 Å². The van der Waals surface area contributed by atoms with Crippen molar-refractivity contribution in [2.24, 2.45) is 5.92 Å². The summed E-state index contributed by atoms with van der Waals surface area (Å²) in [6.45, 7) is 0. The van der Waals surface area contributed by atoms with Gasteiger partial charge in [0, 0.05) is 4.47 Å². The van der Waals surface area contributed by atoms with Crippen LogP contribution < -0.4 is 5.69 Å². The van der Waals surface area contributed by atoms with E-state index in [0.717, 1.165) is 33.4 Å². The fraction of sp³-hybridized carbons (Fsp3) is 0.562. The molecule has 1 unspecified atom stereocenters. The van der Waals surface area contributed by atoms with Crippen molar-refractivity contribution >= 4 is 38.6 Å². The largest absolute Gasteiger partial charge is 0.323 e. The molecule has 114 valence electrons. The molecule has 1 aromatic carbocycles. The SMILES string of the molecule is O=c1[nH]c2cc(Br)c(C(Cl)CC3CCCCCC3)cc2[nH]1. The Balaban J connectivity index is 1.81. The van der Waals surface area contributed by atoms with Gasteiger partial charge in [-0.05, 0) is 30.0 Å². The van der Waals surface area contributed by atoms with Crippen molar-refractivity contribution in [3.05, 3.63) is 32.7 Å². The van der Waals surface area contributed by atoms with Crippen LogP contribution in [0.1, 0.15) is 55.9 Å². The Kier molecular flexibility index (Phi) is 4.75. The molecule has 1 atom stereocenters. The first-order valence-electron chi connectivity index (χ1n) is 7.69. The molecule has 0 radical (unpaired) electrons. The van der Waals surface area contributed by atoms with Crippen LogP contribution in [-0.2, 0) is 0 Å². The molecule has 1 aliphatic carbocycles. The molecule has 1 aromatic heterocycles. The first kappa shape index (κ1) is 15.2. The Morgan fingerprint density at radius 1 is 1.14 bits per heavy atom. The molecule has 2 aromatic rings. The molecule has 0 saturated heterocycles. The van der Waals surface area contributed by atoms with Crippen LogP contribution in [0.15, 0.2) is 21.4 Å². The number of rotatable bonds is 3. The fourth-order valence-corrected chi connectivity index (χ4v) is 4.52. The zero-order valence-electron chi connectivity index (χ0n) is 11.9. The van der Waals surface area contributed by atoms with Gasteiger partial charge in [-0.25, -0.2) is 4.79 Å². The van der Waals surface area contributed by atoms with Crippen molar-refractivity contribution in [2.45, 2.75) is 50.3 Å². The average Bonchev–Trinajstić information content (AvgIpc) is 2.63. The highest BCUT2D eigenvalue weighted by Gasteiger charge is 2.20. The van der Waals surface area contributed by atoms with Crippen LogP contribution in [0.4, 0.5) is 0 Å². The number of alkyl halides is 1. The van der Waals surface area contributed by atoms with E-state index in [2.05, 4.69) is 25.9 Å². The van der Waals surface area contributed by atoms with E-state index in [1.54, 1.807) is 0 Å². The van der Waals surface area contributed by atoms with Crippen molar-refractivity contribution in [3.8, 4) is 0 Å². The Morgan fingerprint density at radius 2 is 1.76 bits per heavy atom. The molecule has 3 rings (SSSR count). The Labute approximate surface area is 137 Å². The molecule has 0 spiro atoms. The van der Waals surface area contributed by atoms with Crippen LogP contribution in [0.3, 0.4) is 0 Å². The Morgan fingerprint density at radius 3 is 2.43 bits per heavy atom. The second-order valence-electron chi connectivity index (χ2n) is 6.06. The van der Waals surface area contributed by atoms with Gasteiger partial charge in [0.1, 0.15) is 0 Å². The average molecular weight is 372 g/mol. The van der Waals surface area contributed by atoms with Crippen molar-refractivity contribution in [1.82, 2.24) is 9.97 Å². The summed E-state index contributed by atoms with van der Waals surface area (Å²) >= 11 is 10.3. The highest BCUT2D eigenvalue weighted by molar-refractivity contribution is 9.10. The van der Waals surface area contributed by atoms with Crippen LogP contribution in [0, 0.1) is 5.92 Å². The van der Waals surface area contributed by atoms with E-state index < -0.39 is 0 Å². The zero-order chi connectivity index (χ0) is 14.8. The second kappa shape index (κ2) is 6.57. The summed E-state index contributed by atoms with van der Waals surface area (Å²) in [6, 6.07) is 3.93. The van der Waals surface area contributed by atoms with Gasteiger partial charge in [0.15, 0.2) is 0 Å². The molecular weight excluding hydrogens is 352 g/mol. The Bertz CT molecular complexity index is 670. The number of fused-ring (bicyclic) bond motifs is 1. The quantitative estimate of drug-likeness (QED) is 0.561. The van der Waals surface area contributed by atoms with Crippen LogP contribution in [0.2, 0.25) is 0 Å². The molecule has 1 fully saturated rings. The van der Waals surface area contributed by atoms with Crippen LogP contribution >= 0.6 is 27.5 Å². The van der Waals surface area contributed by atoms with Crippen LogP contribution in [-0.4, -0.2) is 9.97 Å². The molecule has 21 heavy (non-hydrogen) atoms. The number of aromatic nitrogens is 2. The van der Waals surface area contributed by atoms with E-state index in [0.29, 0.717) is 0 Å². The van der Waals surface area contributed by atoms with E-state index in [4.69, 9.17) is 11.6 Å². The molecule has 1 heterocycles. The van der Waals surface area contributed by atoms with Gasteiger partial charge >= 0.3 is 5.69 Å². The summed E-state index contributed by atoms with van der Waals surface area (Å²) in [6.07, 6.45) is 9.00.